The third-order valence-corrected chi connectivity index (χ3v) is 18.3. The van der Waals surface area contributed by atoms with Crippen molar-refractivity contribution < 1.29 is 43.3 Å². The molecule has 0 bridgehead atoms. The van der Waals surface area contributed by atoms with E-state index in [1.807, 2.05) is 100 Å². The number of thiazole rings is 1. The van der Waals surface area contributed by atoms with Crippen LogP contribution in [0.5, 0.6) is 5.75 Å². The Morgan fingerprint density at radius 3 is 2.33 bits per heavy atom. The predicted molar refractivity (Wildman–Crippen MR) is 308 cm³/mol. The van der Waals surface area contributed by atoms with Crippen LogP contribution in [0.25, 0.3) is 26.4 Å². The van der Waals surface area contributed by atoms with Gasteiger partial charge in [0.1, 0.15) is 46.4 Å². The Balaban J connectivity index is 0.668. The lowest BCUT2D eigenvalue weighted by Crippen LogP contribution is -2.57. The number of ether oxygens (including phenoxy) is 1. The molecule has 11 rings (SSSR count). The number of hydrogen-bond donors (Lipinski definition) is 5. The number of aryl methyl sites for hydroxylation is 3. The second-order valence-corrected chi connectivity index (χ2v) is 25.0. The fourth-order valence-corrected chi connectivity index (χ4v) is 13.5. The molecule has 3 aromatic carbocycles. The Labute approximate surface area is 476 Å². The van der Waals surface area contributed by atoms with Gasteiger partial charge in [-0.3, -0.25) is 33.5 Å². The molecule has 0 spiro atoms. The summed E-state index contributed by atoms with van der Waals surface area (Å²) in [6.45, 7) is 16.6. The van der Waals surface area contributed by atoms with Crippen LogP contribution in [0.4, 0.5) is 5.69 Å². The Kier molecular flexibility index (Phi) is 15.0. The summed E-state index contributed by atoms with van der Waals surface area (Å²) in [7, 11) is 0. The molecule has 422 valence electrons. The van der Waals surface area contributed by atoms with Crippen molar-refractivity contribution in [1.82, 2.24) is 40.6 Å². The topological polar surface area (TPSA) is 247 Å². The van der Waals surface area contributed by atoms with Crippen molar-refractivity contribution in [3.63, 3.8) is 0 Å². The van der Waals surface area contributed by atoms with Gasteiger partial charge in [-0.1, -0.05) is 57.2 Å². The molecule has 7 heterocycles. The Bertz CT molecular complexity index is 3610. The number of carbonyl (C=O) groups excluding carboxylic acids is 4. The van der Waals surface area contributed by atoms with Crippen molar-refractivity contribution in [1.29, 1.82) is 0 Å². The number of rotatable bonds is 15. The van der Waals surface area contributed by atoms with E-state index in [1.165, 1.54) is 4.90 Å². The standard InChI is InChI=1S/C60H66N10O9S2/c1-30-33(4)81-59-50(30)51(64-45(26-49(72)73)54-67-66-34(5)70(54)59)36-13-15-41(16-14-36)68-20-19-38(27-68)55(74)63-40-23-44(24-40)78-43-17-18-47-39(21-43)22-48(79-47)57(76)65-53(60(6,7)8)58(77)69-28-42(71)25-46(69)56(75)62-31(2)35-9-11-37(12-10-35)52-32(3)61-29-80-52/h9-18,21-22,29,31,38,40,42,44-46,53,71H,19-20,23-28H2,1-8H3,(H,62,75)(H,63,74)(H,65,76)(H,72,73)/t31?,38-,40-,42+,44+,45-,46-,53?/m0/s1. The molecular weight excluding hydrogens is 1070 g/mol. The highest BCUT2D eigenvalue weighted by atomic mass is 32.1. The maximum Gasteiger partial charge on any atom is 0.306 e. The molecular formula is C60H66N10O9S2. The molecule has 2 saturated heterocycles. The molecule has 4 aliphatic rings. The first-order chi connectivity index (χ1) is 38.7. The van der Waals surface area contributed by atoms with Gasteiger partial charge in [0.25, 0.3) is 5.91 Å². The van der Waals surface area contributed by atoms with E-state index in [4.69, 9.17) is 14.1 Å². The number of nitrogens with zero attached hydrogens (tertiary/aromatic N) is 7. The van der Waals surface area contributed by atoms with E-state index in [0.29, 0.717) is 54.2 Å². The van der Waals surface area contributed by atoms with Crippen molar-refractivity contribution in [2.75, 3.05) is 24.5 Å². The minimum atomic E-state index is -1.06. The average Bonchev–Trinajstić information content (AvgIpc) is 4.36. The first-order valence-electron chi connectivity index (χ1n) is 27.5. The summed E-state index contributed by atoms with van der Waals surface area (Å²) < 4.78 is 14.3. The van der Waals surface area contributed by atoms with Crippen LogP contribution < -0.4 is 25.6 Å². The van der Waals surface area contributed by atoms with E-state index in [1.54, 1.807) is 46.9 Å². The number of carboxylic acid groups (broad SMARTS) is 1. The molecule has 3 aliphatic heterocycles. The molecule has 1 aliphatic carbocycles. The maximum atomic E-state index is 14.4. The molecule has 7 aromatic rings. The third kappa shape index (κ3) is 11.1. The Morgan fingerprint density at radius 1 is 0.889 bits per heavy atom. The van der Waals surface area contributed by atoms with E-state index >= 15 is 0 Å². The lowest BCUT2D eigenvalue weighted by atomic mass is 9.85. The number of amides is 4. The summed E-state index contributed by atoms with van der Waals surface area (Å²) in [5.41, 5.74) is 8.97. The molecule has 4 amide bonds. The van der Waals surface area contributed by atoms with Crippen LogP contribution in [0.2, 0.25) is 0 Å². The number of thiophene rings is 1. The number of aromatic nitrogens is 4. The number of anilines is 1. The van der Waals surface area contributed by atoms with Crippen molar-refractivity contribution in [2.45, 2.75) is 130 Å². The zero-order valence-corrected chi connectivity index (χ0v) is 48.1. The van der Waals surface area contributed by atoms with Gasteiger partial charge in [-0.05, 0) is 99.5 Å². The molecule has 21 heteroatoms. The predicted octanol–water partition coefficient (Wildman–Crippen LogP) is 8.34. The van der Waals surface area contributed by atoms with Gasteiger partial charge in [0, 0.05) is 72.0 Å². The lowest BCUT2D eigenvalue weighted by Gasteiger charge is -2.36. The van der Waals surface area contributed by atoms with Crippen LogP contribution in [-0.4, -0.2) is 120 Å². The van der Waals surface area contributed by atoms with E-state index in [0.717, 1.165) is 66.2 Å². The number of aliphatic hydroxyl groups is 1. The second-order valence-electron chi connectivity index (χ2n) is 23.0. The van der Waals surface area contributed by atoms with Crippen LogP contribution in [0, 0.1) is 39.0 Å². The number of hydrogen-bond acceptors (Lipinski definition) is 15. The van der Waals surface area contributed by atoms with E-state index in [2.05, 4.69) is 49.9 Å². The molecule has 4 aromatic heterocycles. The first-order valence-corrected chi connectivity index (χ1v) is 29.2. The summed E-state index contributed by atoms with van der Waals surface area (Å²) in [5.74, 6) is -0.834. The van der Waals surface area contributed by atoms with Gasteiger partial charge < -0.3 is 45.1 Å². The first kappa shape index (κ1) is 55.2. The highest BCUT2D eigenvalue weighted by Crippen LogP contribution is 2.41. The number of fused-ring (bicyclic) bond motifs is 4. The fourth-order valence-electron chi connectivity index (χ4n) is 11.4. The van der Waals surface area contributed by atoms with E-state index in [9.17, 15) is 34.2 Å². The molecule has 6 atom stereocenters. The van der Waals surface area contributed by atoms with Gasteiger partial charge in [0.05, 0.1) is 46.3 Å². The average molecular weight is 1140 g/mol. The maximum absolute atomic E-state index is 14.4. The monoisotopic (exact) mass is 1130 g/mol. The van der Waals surface area contributed by atoms with Crippen LogP contribution in [0.3, 0.4) is 0 Å². The van der Waals surface area contributed by atoms with Gasteiger partial charge >= 0.3 is 5.97 Å². The van der Waals surface area contributed by atoms with Gasteiger partial charge in [-0.15, -0.1) is 32.9 Å². The van der Waals surface area contributed by atoms with Crippen LogP contribution >= 0.6 is 22.7 Å². The van der Waals surface area contributed by atoms with Gasteiger partial charge in [0.15, 0.2) is 11.6 Å². The molecule has 1 saturated carbocycles. The largest absolute Gasteiger partial charge is 0.490 e. The number of aliphatic carboxylic acids is 1. The third-order valence-electron chi connectivity index (χ3n) is 16.2. The van der Waals surface area contributed by atoms with Gasteiger partial charge in [-0.2, -0.15) is 0 Å². The van der Waals surface area contributed by atoms with Crippen LogP contribution in [0.1, 0.15) is 127 Å². The van der Waals surface area contributed by atoms with Gasteiger partial charge in [-0.25, -0.2) is 4.98 Å². The Morgan fingerprint density at radius 2 is 1.63 bits per heavy atom. The fraction of sp³-hybridized carbons (Fsp3) is 0.417. The van der Waals surface area contributed by atoms with Gasteiger partial charge in [0.2, 0.25) is 17.7 Å². The van der Waals surface area contributed by atoms with E-state index in [-0.39, 0.29) is 55.2 Å². The van der Waals surface area contributed by atoms with Crippen molar-refractivity contribution >= 4 is 74.6 Å². The highest BCUT2D eigenvalue weighted by Gasteiger charge is 2.45. The number of likely N-dealkylation sites (tertiary alicyclic amines) is 1. The molecule has 2 unspecified atom stereocenters. The normalized spacial score (nSPS) is 21.3. The summed E-state index contributed by atoms with van der Waals surface area (Å²) in [4.78, 5) is 83.0. The number of carbonyl (C=O) groups is 5. The van der Waals surface area contributed by atoms with Crippen molar-refractivity contribution in [3.05, 3.63) is 129 Å². The zero-order valence-electron chi connectivity index (χ0n) is 46.5. The SMILES string of the molecule is Cc1ncsc1-c1ccc(C(C)NC(=O)[C@@H]2C[C@@H](O)CN2C(=O)C(NC(=O)c2cc3cc(O[C@H]4C[C@@H](NC(=O)[C@H]5CCN(c6ccc(C7=N[C@@H](CC(=O)O)c8nnc(C)n8-c8sc(C)c(C)c87)cc6)C5)C4)ccc3o2)C(C)(C)C)cc1. The Hall–Kier alpha value is -7.75. The van der Waals surface area contributed by atoms with Crippen molar-refractivity contribution in [3.8, 4) is 21.2 Å². The number of furan rings is 1. The molecule has 19 nitrogen and oxygen atoms in total. The molecule has 5 N–H and O–H groups in total. The number of β-amino-alcohol motifs (C(OH)–C–C–N with tert-alkyl or cyclic N) is 1. The number of nitrogens with one attached hydrogen (secondary N) is 3. The number of carboxylic acids is 1. The second kappa shape index (κ2) is 22.0. The van der Waals surface area contributed by atoms with Crippen LogP contribution in [0.15, 0.2) is 87.7 Å². The van der Waals surface area contributed by atoms with E-state index < -0.39 is 53.3 Å². The number of aliphatic hydroxyl groups excluding tert-OH is 1. The number of benzene rings is 3. The quantitative estimate of drug-likeness (QED) is 0.0649. The molecule has 81 heavy (non-hydrogen) atoms. The van der Waals surface area contributed by atoms with Crippen molar-refractivity contribution in [2.24, 2.45) is 16.3 Å². The smallest absolute Gasteiger partial charge is 0.306 e. The molecule has 3 fully saturated rings. The van der Waals surface area contributed by atoms with Crippen LogP contribution in [-0.2, 0) is 19.2 Å². The summed E-state index contributed by atoms with van der Waals surface area (Å²) in [5, 5.41) is 40.0. The minimum absolute atomic E-state index is 0.00152. The number of aliphatic imine (C=N–C) groups is 1. The minimum Gasteiger partial charge on any atom is -0.490 e. The summed E-state index contributed by atoms with van der Waals surface area (Å²) in [6.07, 6.45) is 0.792. The summed E-state index contributed by atoms with van der Waals surface area (Å²) >= 11 is 3.19. The summed E-state index contributed by atoms with van der Waals surface area (Å²) in [6, 6.07) is 19.8. The highest BCUT2D eigenvalue weighted by molar-refractivity contribution is 7.15. The molecule has 0 radical (unpaired) electrons. The lowest BCUT2D eigenvalue weighted by molar-refractivity contribution is -0.142. The zero-order chi connectivity index (χ0) is 57.2.